The third-order valence-corrected chi connectivity index (χ3v) is 4.01. The van der Waals surface area contributed by atoms with E-state index in [2.05, 4.69) is 26.6 Å². The highest BCUT2D eigenvalue weighted by atomic mass is 16.2. The number of hydrogen-bond acceptors (Lipinski definition) is 4. The van der Waals surface area contributed by atoms with Crippen LogP contribution in [-0.4, -0.2) is 47.4 Å². The Labute approximate surface area is 137 Å². The molecule has 0 atom stereocenters. The summed E-state index contributed by atoms with van der Waals surface area (Å²) in [6, 6.07) is 4.02. The number of aromatic nitrogens is 1. The lowest BCUT2D eigenvalue weighted by molar-refractivity contribution is -0.139. The van der Waals surface area contributed by atoms with E-state index in [4.69, 9.17) is 0 Å². The van der Waals surface area contributed by atoms with E-state index in [0.717, 1.165) is 32.5 Å². The minimum absolute atomic E-state index is 0.0241. The quantitative estimate of drug-likeness (QED) is 0.792. The zero-order valence-corrected chi connectivity index (χ0v) is 13.9. The number of pyridine rings is 1. The zero-order valence-electron chi connectivity index (χ0n) is 13.9. The highest BCUT2D eigenvalue weighted by Crippen LogP contribution is 2.18. The Kier molecular flexibility index (Phi) is 6.52. The highest BCUT2D eigenvalue weighted by Gasteiger charge is 2.21. The van der Waals surface area contributed by atoms with Gasteiger partial charge in [-0.05, 0) is 57.3 Å². The molecule has 1 aromatic heterocycles. The van der Waals surface area contributed by atoms with Crippen molar-refractivity contribution in [2.75, 3.05) is 19.6 Å². The first kappa shape index (κ1) is 17.4. The Morgan fingerprint density at radius 2 is 2.04 bits per heavy atom. The van der Waals surface area contributed by atoms with E-state index in [1.165, 1.54) is 5.56 Å². The van der Waals surface area contributed by atoms with Gasteiger partial charge >= 0.3 is 11.8 Å². The molecule has 2 heterocycles. The van der Waals surface area contributed by atoms with Crippen LogP contribution in [0, 0.1) is 5.92 Å². The van der Waals surface area contributed by atoms with Crippen molar-refractivity contribution in [3.05, 3.63) is 30.1 Å². The standard InChI is InChI=1S/C17H26N4O2/c1-13(2)20-17(23)16(22)19-11-14-5-8-21(9-6-14)12-15-4-3-7-18-10-15/h3-4,7,10,13-14H,5-6,8-9,11-12H2,1-2H3,(H,19,22)(H,20,23). The molecule has 1 aliphatic rings. The summed E-state index contributed by atoms with van der Waals surface area (Å²) in [6.45, 7) is 7.18. The third kappa shape index (κ3) is 5.98. The minimum Gasteiger partial charge on any atom is -0.348 e. The molecule has 2 amide bonds. The van der Waals surface area contributed by atoms with Gasteiger partial charge < -0.3 is 10.6 Å². The van der Waals surface area contributed by atoms with Gasteiger partial charge in [-0.15, -0.1) is 0 Å². The monoisotopic (exact) mass is 318 g/mol. The van der Waals surface area contributed by atoms with Crippen molar-refractivity contribution in [3.63, 3.8) is 0 Å². The van der Waals surface area contributed by atoms with Crippen molar-refractivity contribution in [2.24, 2.45) is 5.92 Å². The molecule has 1 aromatic rings. The lowest BCUT2D eigenvalue weighted by Crippen LogP contribution is -2.45. The van der Waals surface area contributed by atoms with Crippen molar-refractivity contribution in [2.45, 2.75) is 39.3 Å². The molecule has 0 aromatic carbocycles. The maximum Gasteiger partial charge on any atom is 0.309 e. The van der Waals surface area contributed by atoms with Crippen LogP contribution in [0.3, 0.4) is 0 Å². The van der Waals surface area contributed by atoms with Crippen LogP contribution in [0.5, 0.6) is 0 Å². The van der Waals surface area contributed by atoms with Crippen LogP contribution in [0.2, 0.25) is 0 Å². The lowest BCUT2D eigenvalue weighted by atomic mass is 9.96. The van der Waals surface area contributed by atoms with E-state index in [0.29, 0.717) is 12.5 Å². The number of amides is 2. The number of carbonyl (C=O) groups excluding carboxylic acids is 2. The average molecular weight is 318 g/mol. The predicted molar refractivity (Wildman–Crippen MR) is 88.5 cm³/mol. The highest BCUT2D eigenvalue weighted by molar-refractivity contribution is 6.35. The summed E-state index contributed by atoms with van der Waals surface area (Å²) in [4.78, 5) is 29.8. The fraction of sp³-hybridized carbons (Fsp3) is 0.588. The number of hydrogen-bond donors (Lipinski definition) is 2. The summed E-state index contributed by atoms with van der Waals surface area (Å²) < 4.78 is 0. The molecular weight excluding hydrogens is 292 g/mol. The van der Waals surface area contributed by atoms with Crippen LogP contribution in [-0.2, 0) is 16.1 Å². The van der Waals surface area contributed by atoms with Crippen LogP contribution in [0.1, 0.15) is 32.3 Å². The number of rotatable bonds is 5. The van der Waals surface area contributed by atoms with Gasteiger partial charge in [-0.2, -0.15) is 0 Å². The second-order valence-electron chi connectivity index (χ2n) is 6.42. The molecule has 1 aliphatic heterocycles. The fourth-order valence-electron chi connectivity index (χ4n) is 2.74. The Morgan fingerprint density at radius 1 is 1.30 bits per heavy atom. The van der Waals surface area contributed by atoms with Crippen LogP contribution < -0.4 is 10.6 Å². The Hall–Kier alpha value is -1.95. The van der Waals surface area contributed by atoms with Crippen LogP contribution in [0.25, 0.3) is 0 Å². The first-order chi connectivity index (χ1) is 11.0. The molecule has 0 radical (unpaired) electrons. The van der Waals surface area contributed by atoms with Gasteiger partial charge in [0.05, 0.1) is 0 Å². The van der Waals surface area contributed by atoms with Crippen LogP contribution in [0.15, 0.2) is 24.5 Å². The summed E-state index contributed by atoms with van der Waals surface area (Å²) in [5, 5.41) is 5.34. The van der Waals surface area contributed by atoms with Crippen molar-refractivity contribution in [1.29, 1.82) is 0 Å². The number of piperidine rings is 1. The van der Waals surface area contributed by atoms with Gasteiger partial charge in [-0.25, -0.2) is 0 Å². The van der Waals surface area contributed by atoms with E-state index in [1.807, 2.05) is 26.1 Å². The van der Waals surface area contributed by atoms with Gasteiger partial charge in [0.2, 0.25) is 0 Å². The van der Waals surface area contributed by atoms with Gasteiger partial charge in [0, 0.05) is 31.5 Å². The summed E-state index contributed by atoms with van der Waals surface area (Å²) in [5.41, 5.74) is 1.23. The average Bonchev–Trinajstić information content (AvgIpc) is 2.54. The predicted octanol–water partition coefficient (Wildman–Crippen LogP) is 0.934. The Morgan fingerprint density at radius 3 is 2.65 bits per heavy atom. The van der Waals surface area contributed by atoms with E-state index >= 15 is 0 Å². The van der Waals surface area contributed by atoms with E-state index in [9.17, 15) is 9.59 Å². The van der Waals surface area contributed by atoms with Crippen LogP contribution >= 0.6 is 0 Å². The van der Waals surface area contributed by atoms with Gasteiger partial charge in [0.25, 0.3) is 0 Å². The molecule has 6 nitrogen and oxygen atoms in total. The van der Waals surface area contributed by atoms with Crippen molar-refractivity contribution in [3.8, 4) is 0 Å². The molecule has 2 rings (SSSR count). The third-order valence-electron chi connectivity index (χ3n) is 4.01. The molecule has 1 fully saturated rings. The zero-order chi connectivity index (χ0) is 16.7. The van der Waals surface area contributed by atoms with Gasteiger partial charge in [0.15, 0.2) is 0 Å². The fourth-order valence-corrected chi connectivity index (χ4v) is 2.74. The van der Waals surface area contributed by atoms with Crippen LogP contribution in [0.4, 0.5) is 0 Å². The van der Waals surface area contributed by atoms with Crippen molar-refractivity contribution in [1.82, 2.24) is 20.5 Å². The summed E-state index contributed by atoms with van der Waals surface area (Å²) in [7, 11) is 0. The molecular formula is C17H26N4O2. The Bertz CT molecular complexity index is 511. The van der Waals surface area contributed by atoms with Gasteiger partial charge in [-0.1, -0.05) is 6.07 Å². The number of nitrogens with one attached hydrogen (secondary N) is 2. The molecule has 126 valence electrons. The normalized spacial score (nSPS) is 16.3. The number of nitrogens with zero attached hydrogens (tertiary/aromatic N) is 2. The van der Waals surface area contributed by atoms with E-state index < -0.39 is 11.8 Å². The van der Waals surface area contributed by atoms with Crippen molar-refractivity contribution < 1.29 is 9.59 Å². The van der Waals surface area contributed by atoms with Gasteiger partial charge in [-0.3, -0.25) is 19.5 Å². The molecule has 0 aliphatic carbocycles. The number of carbonyl (C=O) groups is 2. The lowest BCUT2D eigenvalue weighted by Gasteiger charge is -2.31. The largest absolute Gasteiger partial charge is 0.348 e. The second kappa shape index (κ2) is 8.62. The summed E-state index contributed by atoms with van der Waals surface area (Å²) in [6.07, 6.45) is 5.76. The molecule has 23 heavy (non-hydrogen) atoms. The molecule has 0 unspecified atom stereocenters. The van der Waals surface area contributed by atoms with Gasteiger partial charge in [0.1, 0.15) is 0 Å². The molecule has 6 heteroatoms. The maximum atomic E-state index is 11.7. The second-order valence-corrected chi connectivity index (χ2v) is 6.42. The molecule has 1 saturated heterocycles. The van der Waals surface area contributed by atoms with E-state index in [-0.39, 0.29) is 6.04 Å². The van der Waals surface area contributed by atoms with E-state index in [1.54, 1.807) is 6.20 Å². The topological polar surface area (TPSA) is 74.3 Å². The minimum atomic E-state index is -0.547. The molecule has 0 bridgehead atoms. The summed E-state index contributed by atoms with van der Waals surface area (Å²) >= 11 is 0. The summed E-state index contributed by atoms with van der Waals surface area (Å²) in [5.74, 6) is -0.638. The van der Waals surface area contributed by atoms with Crippen molar-refractivity contribution >= 4 is 11.8 Å². The first-order valence-corrected chi connectivity index (χ1v) is 8.24. The smallest absolute Gasteiger partial charge is 0.309 e. The molecule has 2 N–H and O–H groups in total. The molecule has 0 saturated carbocycles. The first-order valence-electron chi connectivity index (χ1n) is 8.24. The Balaban J connectivity index is 1.67. The SMILES string of the molecule is CC(C)NC(=O)C(=O)NCC1CCN(Cc2cccnc2)CC1. The number of likely N-dealkylation sites (tertiary alicyclic amines) is 1. The molecule has 0 spiro atoms. The maximum absolute atomic E-state index is 11.7.